The van der Waals surface area contributed by atoms with Crippen LogP contribution in [-0.2, 0) is 19.2 Å². The van der Waals surface area contributed by atoms with E-state index >= 15 is 0 Å². The smallest absolute Gasteiger partial charge is 0.321 e. The predicted octanol–water partition coefficient (Wildman–Crippen LogP) is -0.680. The number of rotatable bonds is 5. The first-order valence-electron chi connectivity index (χ1n) is 3.34. The van der Waals surface area contributed by atoms with Gasteiger partial charge in [-0.3, -0.25) is 19.2 Å². The fraction of sp³-hybridized carbons (Fsp3) is 0.429. The van der Waals surface area contributed by atoms with E-state index in [9.17, 15) is 19.2 Å². The second-order valence-electron chi connectivity index (χ2n) is 2.42. The van der Waals surface area contributed by atoms with E-state index in [0.717, 1.165) is 6.92 Å². The molecule has 0 amide bonds. The molecule has 0 aromatic heterocycles. The average molecular weight is 188 g/mol. The summed E-state index contributed by atoms with van der Waals surface area (Å²) in [6.45, 7) is 0.929. The molecule has 6 nitrogen and oxygen atoms in total. The van der Waals surface area contributed by atoms with Crippen molar-refractivity contribution in [3.63, 3.8) is 0 Å². The van der Waals surface area contributed by atoms with Gasteiger partial charge >= 0.3 is 11.9 Å². The van der Waals surface area contributed by atoms with Gasteiger partial charge < -0.3 is 10.2 Å². The summed E-state index contributed by atoms with van der Waals surface area (Å²) in [4.78, 5) is 41.8. The molecule has 0 saturated heterocycles. The fourth-order valence-corrected chi connectivity index (χ4v) is 0.789. The highest BCUT2D eigenvalue weighted by atomic mass is 16.4. The summed E-state index contributed by atoms with van der Waals surface area (Å²) in [5.74, 6) is -6.88. The molecule has 0 rings (SSSR count). The van der Waals surface area contributed by atoms with E-state index in [0.29, 0.717) is 0 Å². The molecule has 0 fully saturated rings. The Hall–Kier alpha value is -1.72. The molecule has 6 heteroatoms. The Bertz CT molecular complexity index is 252. The lowest BCUT2D eigenvalue weighted by atomic mass is 9.98. The molecule has 0 spiro atoms. The maximum atomic E-state index is 10.9. The van der Waals surface area contributed by atoms with Gasteiger partial charge in [0.15, 0.2) is 17.5 Å². The van der Waals surface area contributed by atoms with Gasteiger partial charge in [0.25, 0.3) is 0 Å². The number of carbonyl (C=O) groups excluding carboxylic acids is 2. The second-order valence-corrected chi connectivity index (χ2v) is 2.42. The van der Waals surface area contributed by atoms with Crippen molar-refractivity contribution in [1.82, 2.24) is 0 Å². The van der Waals surface area contributed by atoms with E-state index in [2.05, 4.69) is 0 Å². The fourth-order valence-electron chi connectivity index (χ4n) is 0.789. The summed E-state index contributed by atoms with van der Waals surface area (Å²) < 4.78 is 0. The maximum absolute atomic E-state index is 10.9. The normalized spacial score (nSPS) is 11.8. The van der Waals surface area contributed by atoms with Gasteiger partial charge in [0, 0.05) is 0 Å². The first-order valence-corrected chi connectivity index (χ1v) is 3.34. The minimum Gasteiger partial charge on any atom is -0.481 e. The van der Waals surface area contributed by atoms with Crippen molar-refractivity contribution in [3.8, 4) is 0 Å². The maximum Gasteiger partial charge on any atom is 0.321 e. The van der Waals surface area contributed by atoms with Crippen LogP contribution >= 0.6 is 0 Å². The number of hydrogen-bond donors (Lipinski definition) is 2. The van der Waals surface area contributed by atoms with Gasteiger partial charge in [0.2, 0.25) is 0 Å². The zero-order chi connectivity index (χ0) is 10.6. The molecule has 0 bridgehead atoms. The quantitative estimate of drug-likeness (QED) is 0.553. The zero-order valence-electron chi connectivity index (χ0n) is 6.81. The van der Waals surface area contributed by atoms with Crippen LogP contribution in [0.2, 0.25) is 0 Å². The number of carboxylic acids is 2. The highest BCUT2D eigenvalue weighted by Crippen LogP contribution is 2.03. The monoisotopic (exact) mass is 188 g/mol. The van der Waals surface area contributed by atoms with Crippen LogP contribution in [0.4, 0.5) is 0 Å². The van der Waals surface area contributed by atoms with Gasteiger partial charge in [0.05, 0.1) is 0 Å². The van der Waals surface area contributed by atoms with Crippen LogP contribution in [0.15, 0.2) is 0 Å². The number of carbonyl (C=O) groups is 4. The molecule has 1 atom stereocenters. The molecular formula is C7H8O6. The SMILES string of the molecule is CC(=O)C(C(=O)O)C(=O)CC(=O)O. The van der Waals surface area contributed by atoms with Gasteiger partial charge in [-0.25, -0.2) is 0 Å². The molecule has 0 radical (unpaired) electrons. The number of carboxylic acid groups (broad SMARTS) is 2. The van der Waals surface area contributed by atoms with Crippen molar-refractivity contribution in [2.24, 2.45) is 5.92 Å². The molecule has 1 unspecified atom stereocenters. The van der Waals surface area contributed by atoms with Crippen molar-refractivity contribution in [3.05, 3.63) is 0 Å². The topological polar surface area (TPSA) is 109 Å². The van der Waals surface area contributed by atoms with Crippen LogP contribution in [0.3, 0.4) is 0 Å². The summed E-state index contributed by atoms with van der Waals surface area (Å²) in [5, 5.41) is 16.6. The van der Waals surface area contributed by atoms with Crippen molar-refractivity contribution < 1.29 is 29.4 Å². The Kier molecular flexibility index (Phi) is 3.77. The molecular weight excluding hydrogens is 180 g/mol. The highest BCUT2D eigenvalue weighted by molar-refractivity contribution is 6.18. The molecule has 0 heterocycles. The Labute approximate surface area is 73.2 Å². The van der Waals surface area contributed by atoms with Crippen LogP contribution in [0.1, 0.15) is 13.3 Å². The molecule has 0 aromatic carbocycles. The lowest BCUT2D eigenvalue weighted by molar-refractivity contribution is -0.151. The van der Waals surface area contributed by atoms with E-state index in [1.165, 1.54) is 0 Å². The van der Waals surface area contributed by atoms with E-state index in [4.69, 9.17) is 10.2 Å². The molecule has 0 saturated carbocycles. The van der Waals surface area contributed by atoms with Gasteiger partial charge in [-0.15, -0.1) is 0 Å². The number of hydrogen-bond acceptors (Lipinski definition) is 4. The van der Waals surface area contributed by atoms with Crippen molar-refractivity contribution in [2.45, 2.75) is 13.3 Å². The van der Waals surface area contributed by atoms with Crippen molar-refractivity contribution in [1.29, 1.82) is 0 Å². The molecule has 13 heavy (non-hydrogen) atoms. The number of aliphatic carboxylic acids is 2. The summed E-state index contributed by atoms with van der Waals surface area (Å²) in [6.07, 6.45) is -0.948. The van der Waals surface area contributed by atoms with Gasteiger partial charge in [-0.2, -0.15) is 0 Å². The summed E-state index contributed by atoms with van der Waals surface area (Å²) in [5.41, 5.74) is 0. The number of ketones is 2. The van der Waals surface area contributed by atoms with E-state index in [1.807, 2.05) is 0 Å². The van der Waals surface area contributed by atoms with Gasteiger partial charge in [-0.1, -0.05) is 0 Å². The summed E-state index contributed by atoms with van der Waals surface area (Å²) >= 11 is 0. The van der Waals surface area contributed by atoms with Crippen LogP contribution in [0, 0.1) is 5.92 Å². The number of Topliss-reactive ketones (excluding diaryl/α,β-unsaturated/α-hetero) is 2. The largest absolute Gasteiger partial charge is 0.481 e. The Balaban J connectivity index is 4.57. The predicted molar refractivity (Wildman–Crippen MR) is 39.1 cm³/mol. The van der Waals surface area contributed by atoms with E-state index < -0.39 is 35.8 Å². The third-order valence-corrected chi connectivity index (χ3v) is 1.30. The Morgan fingerprint density at radius 2 is 1.62 bits per heavy atom. The van der Waals surface area contributed by atoms with E-state index in [1.54, 1.807) is 0 Å². The summed E-state index contributed by atoms with van der Waals surface area (Å²) in [7, 11) is 0. The molecule has 0 aliphatic carbocycles. The van der Waals surface area contributed by atoms with Crippen molar-refractivity contribution in [2.75, 3.05) is 0 Å². The zero-order valence-corrected chi connectivity index (χ0v) is 6.81. The Morgan fingerprint density at radius 1 is 1.15 bits per heavy atom. The molecule has 2 N–H and O–H groups in total. The second kappa shape index (κ2) is 4.34. The highest BCUT2D eigenvalue weighted by Gasteiger charge is 2.31. The van der Waals surface area contributed by atoms with E-state index in [-0.39, 0.29) is 0 Å². The van der Waals surface area contributed by atoms with Crippen LogP contribution in [0.25, 0.3) is 0 Å². The van der Waals surface area contributed by atoms with Crippen LogP contribution in [0.5, 0.6) is 0 Å². The van der Waals surface area contributed by atoms with Gasteiger partial charge in [-0.05, 0) is 6.92 Å². The minimum atomic E-state index is -1.85. The average Bonchev–Trinajstić information content (AvgIpc) is 1.81. The molecule has 0 aliphatic rings. The molecule has 72 valence electrons. The van der Waals surface area contributed by atoms with Crippen LogP contribution in [-0.4, -0.2) is 33.7 Å². The Morgan fingerprint density at radius 3 is 1.85 bits per heavy atom. The first kappa shape index (κ1) is 11.3. The lowest BCUT2D eigenvalue weighted by Gasteiger charge is -2.04. The molecule has 0 aromatic rings. The third-order valence-electron chi connectivity index (χ3n) is 1.30. The van der Waals surface area contributed by atoms with Crippen LogP contribution < -0.4 is 0 Å². The summed E-state index contributed by atoms with van der Waals surface area (Å²) in [6, 6.07) is 0. The lowest BCUT2D eigenvalue weighted by Crippen LogP contribution is -2.31. The molecule has 0 aliphatic heterocycles. The first-order chi connectivity index (χ1) is 5.86. The van der Waals surface area contributed by atoms with Gasteiger partial charge in [0.1, 0.15) is 6.42 Å². The van der Waals surface area contributed by atoms with Crippen molar-refractivity contribution >= 4 is 23.5 Å². The third kappa shape index (κ3) is 3.46. The minimum absolute atomic E-state index is 0.862. The standard InChI is InChI=1S/C7H8O6/c1-3(8)6(7(12)13)4(9)2-5(10)11/h6H,2H2,1H3,(H,10,11)(H,12,13).